The van der Waals surface area contributed by atoms with Gasteiger partial charge >= 0.3 is 0 Å². The quantitative estimate of drug-likeness (QED) is 0.824. The maximum absolute atomic E-state index is 11.7. The second kappa shape index (κ2) is 7.81. The summed E-state index contributed by atoms with van der Waals surface area (Å²) in [5.41, 5.74) is 1.10. The molecule has 112 valence electrons. The van der Waals surface area contributed by atoms with Crippen LogP contribution in [0.4, 0.5) is 0 Å². The number of nitrogens with one attached hydrogen (secondary N) is 1. The van der Waals surface area contributed by atoms with Crippen LogP contribution in [0.15, 0.2) is 41.8 Å². The summed E-state index contributed by atoms with van der Waals surface area (Å²) in [5.74, 6) is 0.631. The fourth-order valence-electron chi connectivity index (χ4n) is 1.82. The van der Waals surface area contributed by atoms with Crippen molar-refractivity contribution < 1.29 is 14.6 Å². The zero-order chi connectivity index (χ0) is 15.1. The molecule has 1 aromatic carbocycles. The number of rotatable bonds is 7. The number of amides is 1. The third-order valence-corrected chi connectivity index (χ3v) is 3.76. The van der Waals surface area contributed by atoms with Crippen LogP contribution in [-0.2, 0) is 11.2 Å². The second-order valence-corrected chi connectivity index (χ2v) is 5.87. The van der Waals surface area contributed by atoms with Crippen LogP contribution in [0.2, 0.25) is 0 Å². The van der Waals surface area contributed by atoms with E-state index in [1.807, 2.05) is 48.7 Å². The number of carbonyl (C=O) groups excluding carboxylic acids is 1. The van der Waals surface area contributed by atoms with E-state index in [1.165, 1.54) is 0 Å². The molecule has 4 nitrogen and oxygen atoms in total. The first kappa shape index (κ1) is 15.5. The zero-order valence-corrected chi connectivity index (χ0v) is 12.7. The number of ether oxygens (including phenoxy) is 1. The van der Waals surface area contributed by atoms with Crippen LogP contribution < -0.4 is 10.1 Å². The Hall–Kier alpha value is -1.85. The van der Waals surface area contributed by atoms with Crippen molar-refractivity contribution in [3.63, 3.8) is 0 Å². The van der Waals surface area contributed by atoms with Crippen LogP contribution in [0.1, 0.15) is 10.4 Å². The van der Waals surface area contributed by atoms with Gasteiger partial charge < -0.3 is 15.2 Å². The summed E-state index contributed by atoms with van der Waals surface area (Å²) in [6, 6.07) is 11.5. The highest BCUT2D eigenvalue weighted by Crippen LogP contribution is 2.12. The van der Waals surface area contributed by atoms with E-state index in [1.54, 1.807) is 11.3 Å². The van der Waals surface area contributed by atoms with Gasteiger partial charge in [0, 0.05) is 11.4 Å². The average Bonchev–Trinajstić information content (AvgIpc) is 2.96. The topological polar surface area (TPSA) is 58.6 Å². The maximum Gasteiger partial charge on any atom is 0.225 e. The van der Waals surface area contributed by atoms with Crippen LogP contribution >= 0.6 is 11.3 Å². The van der Waals surface area contributed by atoms with Crippen LogP contribution in [0.5, 0.6) is 5.75 Å². The molecule has 0 spiro atoms. The molecule has 2 aromatic rings. The normalized spacial score (nSPS) is 11.9. The Kier molecular flexibility index (Phi) is 5.78. The number of aryl methyl sites for hydroxylation is 1. The lowest BCUT2D eigenvalue weighted by atomic mass is 10.2. The highest BCUT2D eigenvalue weighted by Gasteiger charge is 2.09. The van der Waals surface area contributed by atoms with Crippen LogP contribution in [0.3, 0.4) is 0 Å². The lowest BCUT2D eigenvalue weighted by Gasteiger charge is -2.13. The molecule has 0 saturated heterocycles. The summed E-state index contributed by atoms with van der Waals surface area (Å²) in [4.78, 5) is 12.7. The molecule has 1 atom stereocenters. The van der Waals surface area contributed by atoms with E-state index in [4.69, 9.17) is 4.74 Å². The molecule has 21 heavy (non-hydrogen) atoms. The molecule has 0 aliphatic heterocycles. The smallest absolute Gasteiger partial charge is 0.225 e. The minimum Gasteiger partial charge on any atom is -0.491 e. The van der Waals surface area contributed by atoms with Crippen molar-refractivity contribution in [1.82, 2.24) is 5.32 Å². The van der Waals surface area contributed by atoms with Crippen molar-refractivity contribution in [2.45, 2.75) is 19.4 Å². The molecule has 2 rings (SSSR count). The number of carbonyl (C=O) groups is 1. The van der Waals surface area contributed by atoms with Crippen LogP contribution in [0, 0.1) is 6.92 Å². The number of thiophene rings is 1. The van der Waals surface area contributed by atoms with Crippen molar-refractivity contribution >= 4 is 17.2 Å². The molecule has 1 aromatic heterocycles. The van der Waals surface area contributed by atoms with Crippen molar-refractivity contribution in [2.75, 3.05) is 13.2 Å². The van der Waals surface area contributed by atoms with Gasteiger partial charge in [-0.05, 0) is 36.1 Å². The summed E-state index contributed by atoms with van der Waals surface area (Å²) >= 11 is 1.55. The van der Waals surface area contributed by atoms with E-state index in [-0.39, 0.29) is 19.1 Å². The van der Waals surface area contributed by atoms with Gasteiger partial charge in [0.2, 0.25) is 5.91 Å². The SMILES string of the molecule is Cc1cccc(OCC(O)CNC(=O)Cc2cccs2)c1. The van der Waals surface area contributed by atoms with E-state index in [0.29, 0.717) is 6.42 Å². The highest BCUT2D eigenvalue weighted by atomic mass is 32.1. The predicted octanol–water partition coefficient (Wildman–Crippen LogP) is 2.16. The molecule has 1 heterocycles. The highest BCUT2D eigenvalue weighted by molar-refractivity contribution is 7.10. The summed E-state index contributed by atoms with van der Waals surface area (Å²) in [6.07, 6.45) is -0.374. The minimum atomic E-state index is -0.724. The summed E-state index contributed by atoms with van der Waals surface area (Å²) in [5, 5.41) is 14.5. The number of aliphatic hydroxyl groups excluding tert-OH is 1. The molecule has 1 amide bonds. The third-order valence-electron chi connectivity index (χ3n) is 2.88. The van der Waals surface area contributed by atoms with E-state index in [0.717, 1.165) is 16.2 Å². The molecule has 1 unspecified atom stereocenters. The average molecular weight is 305 g/mol. The lowest BCUT2D eigenvalue weighted by Crippen LogP contribution is -2.35. The molecular formula is C16H19NO3S. The predicted molar refractivity (Wildman–Crippen MR) is 83.7 cm³/mol. The standard InChI is InChI=1S/C16H19NO3S/c1-12-4-2-5-14(8-12)20-11-13(18)10-17-16(19)9-15-6-3-7-21-15/h2-8,13,18H,9-11H2,1H3,(H,17,19). The first-order valence-electron chi connectivity index (χ1n) is 6.80. The summed E-state index contributed by atoms with van der Waals surface area (Å²) in [7, 11) is 0. The minimum absolute atomic E-state index is 0.0907. The number of hydrogen-bond donors (Lipinski definition) is 2. The molecule has 0 bridgehead atoms. The second-order valence-electron chi connectivity index (χ2n) is 4.84. The van der Waals surface area contributed by atoms with Gasteiger partial charge in [-0.3, -0.25) is 4.79 Å². The van der Waals surface area contributed by atoms with Gasteiger partial charge in [-0.15, -0.1) is 11.3 Å². The zero-order valence-electron chi connectivity index (χ0n) is 11.9. The van der Waals surface area contributed by atoms with Crippen molar-refractivity contribution in [2.24, 2.45) is 0 Å². The summed E-state index contributed by atoms with van der Waals surface area (Å²) in [6.45, 7) is 2.33. The van der Waals surface area contributed by atoms with Gasteiger partial charge in [0.1, 0.15) is 18.5 Å². The monoisotopic (exact) mass is 305 g/mol. The van der Waals surface area contributed by atoms with Crippen molar-refractivity contribution in [3.05, 3.63) is 52.2 Å². The molecule has 5 heteroatoms. The Bertz CT molecular complexity index is 569. The fourth-order valence-corrected chi connectivity index (χ4v) is 2.53. The molecule has 0 saturated carbocycles. The Labute approximate surface area is 128 Å². The lowest BCUT2D eigenvalue weighted by molar-refractivity contribution is -0.120. The van der Waals surface area contributed by atoms with Crippen LogP contribution in [-0.4, -0.2) is 30.3 Å². The van der Waals surface area contributed by atoms with Gasteiger partial charge in [-0.2, -0.15) is 0 Å². The molecule has 0 radical (unpaired) electrons. The Morgan fingerprint density at radius 2 is 2.24 bits per heavy atom. The first-order chi connectivity index (χ1) is 10.1. The van der Waals surface area contributed by atoms with Gasteiger partial charge in [0.05, 0.1) is 6.42 Å². The molecule has 0 aliphatic rings. The Morgan fingerprint density at radius 3 is 2.95 bits per heavy atom. The number of aliphatic hydroxyl groups is 1. The Morgan fingerprint density at radius 1 is 1.38 bits per heavy atom. The molecule has 0 fully saturated rings. The van der Waals surface area contributed by atoms with Crippen LogP contribution in [0.25, 0.3) is 0 Å². The van der Waals surface area contributed by atoms with Crippen molar-refractivity contribution in [1.29, 1.82) is 0 Å². The molecule has 0 aliphatic carbocycles. The first-order valence-corrected chi connectivity index (χ1v) is 7.68. The van der Waals surface area contributed by atoms with Gasteiger partial charge in [-0.25, -0.2) is 0 Å². The van der Waals surface area contributed by atoms with Gasteiger partial charge in [0.25, 0.3) is 0 Å². The maximum atomic E-state index is 11.7. The number of benzene rings is 1. The van der Waals surface area contributed by atoms with E-state index < -0.39 is 6.10 Å². The third kappa shape index (κ3) is 5.57. The van der Waals surface area contributed by atoms with E-state index >= 15 is 0 Å². The summed E-state index contributed by atoms with van der Waals surface area (Å²) < 4.78 is 5.49. The van der Waals surface area contributed by atoms with Crippen molar-refractivity contribution in [3.8, 4) is 5.75 Å². The van der Waals surface area contributed by atoms with E-state index in [2.05, 4.69) is 5.32 Å². The van der Waals surface area contributed by atoms with Gasteiger partial charge in [0.15, 0.2) is 0 Å². The van der Waals surface area contributed by atoms with Gasteiger partial charge in [-0.1, -0.05) is 18.2 Å². The fraction of sp³-hybridized carbons (Fsp3) is 0.312. The molecular weight excluding hydrogens is 286 g/mol. The molecule has 2 N–H and O–H groups in total. The Balaban J connectivity index is 1.67. The van der Waals surface area contributed by atoms with E-state index in [9.17, 15) is 9.90 Å². The largest absolute Gasteiger partial charge is 0.491 e. The number of hydrogen-bond acceptors (Lipinski definition) is 4.